The predicted octanol–water partition coefficient (Wildman–Crippen LogP) is 4.64. The zero-order valence-electron chi connectivity index (χ0n) is 10.4. The highest BCUT2D eigenvalue weighted by Crippen LogP contribution is 2.14. The third kappa shape index (κ3) is 4.40. The van der Waals surface area contributed by atoms with Crippen molar-refractivity contribution in [2.24, 2.45) is 0 Å². The summed E-state index contributed by atoms with van der Waals surface area (Å²) in [5.74, 6) is 0. The molecule has 0 saturated carbocycles. The van der Waals surface area contributed by atoms with E-state index in [4.69, 9.17) is 11.6 Å². The Morgan fingerprint density at radius 1 is 0.895 bits per heavy atom. The van der Waals surface area contributed by atoms with E-state index in [-0.39, 0.29) is 0 Å². The van der Waals surface area contributed by atoms with Gasteiger partial charge in [-0.2, -0.15) is 0 Å². The van der Waals surface area contributed by atoms with E-state index in [0.29, 0.717) is 0 Å². The molecule has 96 valence electrons. The SMILES string of the molecule is OC(/C=C/C=C/c1ccc(Cl)cc1)c1ccccc1. The molecule has 1 nitrogen and oxygen atoms in total. The normalized spacial score (nSPS) is 13.2. The molecule has 2 rings (SSSR count). The first kappa shape index (κ1) is 13.6. The topological polar surface area (TPSA) is 20.2 Å². The summed E-state index contributed by atoms with van der Waals surface area (Å²) >= 11 is 5.81. The van der Waals surface area contributed by atoms with Crippen molar-refractivity contribution in [1.29, 1.82) is 0 Å². The van der Waals surface area contributed by atoms with E-state index in [1.807, 2.05) is 72.8 Å². The van der Waals surface area contributed by atoms with E-state index in [9.17, 15) is 5.11 Å². The van der Waals surface area contributed by atoms with Gasteiger partial charge < -0.3 is 5.11 Å². The molecule has 0 bridgehead atoms. The highest BCUT2D eigenvalue weighted by Gasteiger charge is 1.99. The smallest absolute Gasteiger partial charge is 0.0974 e. The van der Waals surface area contributed by atoms with E-state index in [1.54, 1.807) is 6.08 Å². The molecule has 0 fully saturated rings. The molecule has 2 aromatic rings. The van der Waals surface area contributed by atoms with Gasteiger partial charge in [-0.1, -0.05) is 78.4 Å². The van der Waals surface area contributed by atoms with Gasteiger partial charge in [-0.05, 0) is 23.3 Å². The van der Waals surface area contributed by atoms with Gasteiger partial charge in [-0.25, -0.2) is 0 Å². The molecule has 0 radical (unpaired) electrons. The second kappa shape index (κ2) is 6.93. The third-order valence-electron chi connectivity index (χ3n) is 2.70. The standard InChI is InChI=1S/C17H15ClO/c18-16-12-10-14(11-13-16)6-4-5-9-17(19)15-7-2-1-3-8-15/h1-13,17,19H/b6-4+,9-5+. The van der Waals surface area contributed by atoms with Gasteiger partial charge in [0.1, 0.15) is 0 Å². The first-order chi connectivity index (χ1) is 9.25. The average molecular weight is 271 g/mol. The Bertz CT molecular complexity index is 556. The molecule has 0 heterocycles. The lowest BCUT2D eigenvalue weighted by Gasteiger charge is -2.03. The van der Waals surface area contributed by atoms with Gasteiger partial charge in [-0.15, -0.1) is 0 Å². The Hall–Kier alpha value is -1.83. The van der Waals surface area contributed by atoms with Gasteiger partial charge in [0.2, 0.25) is 0 Å². The molecular weight excluding hydrogens is 256 g/mol. The lowest BCUT2D eigenvalue weighted by Crippen LogP contribution is -1.91. The van der Waals surface area contributed by atoms with Crippen molar-refractivity contribution < 1.29 is 5.11 Å². The van der Waals surface area contributed by atoms with Crippen LogP contribution in [0.5, 0.6) is 0 Å². The fourth-order valence-corrected chi connectivity index (χ4v) is 1.80. The van der Waals surface area contributed by atoms with Crippen molar-refractivity contribution in [2.45, 2.75) is 6.10 Å². The van der Waals surface area contributed by atoms with Gasteiger partial charge >= 0.3 is 0 Å². The Morgan fingerprint density at radius 2 is 1.58 bits per heavy atom. The van der Waals surface area contributed by atoms with Crippen LogP contribution in [0.1, 0.15) is 17.2 Å². The van der Waals surface area contributed by atoms with Crippen LogP contribution in [0.4, 0.5) is 0 Å². The van der Waals surface area contributed by atoms with Crippen LogP contribution in [-0.2, 0) is 0 Å². The summed E-state index contributed by atoms with van der Waals surface area (Å²) in [6.45, 7) is 0. The van der Waals surface area contributed by atoms with Crippen LogP contribution >= 0.6 is 11.6 Å². The number of rotatable bonds is 4. The molecule has 0 saturated heterocycles. The van der Waals surface area contributed by atoms with Crippen LogP contribution in [0.3, 0.4) is 0 Å². The number of halogens is 1. The molecule has 1 unspecified atom stereocenters. The molecule has 0 aliphatic rings. The number of hydrogen-bond donors (Lipinski definition) is 1. The monoisotopic (exact) mass is 270 g/mol. The van der Waals surface area contributed by atoms with Crippen LogP contribution in [0.25, 0.3) is 6.08 Å². The average Bonchev–Trinajstić information content (AvgIpc) is 2.46. The highest BCUT2D eigenvalue weighted by atomic mass is 35.5. The molecule has 1 N–H and O–H groups in total. The molecular formula is C17H15ClO. The molecule has 0 amide bonds. The zero-order valence-corrected chi connectivity index (χ0v) is 11.2. The Balaban J connectivity index is 1.94. The lowest BCUT2D eigenvalue weighted by atomic mass is 10.1. The van der Waals surface area contributed by atoms with E-state index < -0.39 is 6.10 Å². The number of allylic oxidation sites excluding steroid dienone is 2. The minimum atomic E-state index is -0.573. The van der Waals surface area contributed by atoms with Crippen molar-refractivity contribution >= 4 is 17.7 Å². The maximum atomic E-state index is 9.92. The molecule has 0 aliphatic carbocycles. The fourth-order valence-electron chi connectivity index (χ4n) is 1.67. The number of hydrogen-bond acceptors (Lipinski definition) is 1. The first-order valence-corrected chi connectivity index (χ1v) is 6.47. The second-order valence-corrected chi connectivity index (χ2v) is 4.59. The van der Waals surface area contributed by atoms with Gasteiger partial charge in [0.05, 0.1) is 6.10 Å². The Kier molecular flexibility index (Phi) is 4.96. The molecule has 19 heavy (non-hydrogen) atoms. The molecule has 1 atom stereocenters. The first-order valence-electron chi connectivity index (χ1n) is 6.09. The Labute approximate surface area is 118 Å². The summed E-state index contributed by atoms with van der Waals surface area (Å²) in [5, 5.41) is 10.6. The fraction of sp³-hybridized carbons (Fsp3) is 0.0588. The summed E-state index contributed by atoms with van der Waals surface area (Å²) in [6, 6.07) is 17.1. The molecule has 2 aromatic carbocycles. The van der Waals surface area contributed by atoms with Crippen molar-refractivity contribution in [1.82, 2.24) is 0 Å². The van der Waals surface area contributed by atoms with Crippen LogP contribution < -0.4 is 0 Å². The van der Waals surface area contributed by atoms with Gasteiger partial charge in [0, 0.05) is 5.02 Å². The van der Waals surface area contributed by atoms with Crippen molar-refractivity contribution in [3.05, 3.63) is 89.0 Å². The number of aliphatic hydroxyl groups is 1. The van der Waals surface area contributed by atoms with Crippen LogP contribution in [0, 0.1) is 0 Å². The van der Waals surface area contributed by atoms with Crippen molar-refractivity contribution in [3.63, 3.8) is 0 Å². The lowest BCUT2D eigenvalue weighted by molar-refractivity contribution is 0.228. The van der Waals surface area contributed by atoms with Gasteiger partial charge in [0.25, 0.3) is 0 Å². The quantitative estimate of drug-likeness (QED) is 0.802. The maximum absolute atomic E-state index is 9.92. The molecule has 0 aromatic heterocycles. The summed E-state index contributed by atoms with van der Waals surface area (Å²) in [5.41, 5.74) is 1.96. The van der Waals surface area contributed by atoms with Crippen LogP contribution in [0.2, 0.25) is 5.02 Å². The largest absolute Gasteiger partial charge is 0.384 e. The van der Waals surface area contributed by atoms with Crippen molar-refractivity contribution in [2.75, 3.05) is 0 Å². The highest BCUT2D eigenvalue weighted by molar-refractivity contribution is 6.30. The molecule has 0 spiro atoms. The summed E-state index contributed by atoms with van der Waals surface area (Å²) < 4.78 is 0. The molecule has 0 aliphatic heterocycles. The third-order valence-corrected chi connectivity index (χ3v) is 2.96. The van der Waals surface area contributed by atoms with E-state index in [0.717, 1.165) is 16.1 Å². The van der Waals surface area contributed by atoms with Gasteiger partial charge in [0.15, 0.2) is 0 Å². The minimum absolute atomic E-state index is 0.573. The number of benzene rings is 2. The Morgan fingerprint density at radius 3 is 2.26 bits per heavy atom. The summed E-state index contributed by atoms with van der Waals surface area (Å²) in [4.78, 5) is 0. The summed E-state index contributed by atoms with van der Waals surface area (Å²) in [7, 11) is 0. The summed E-state index contributed by atoms with van der Waals surface area (Å²) in [6.07, 6.45) is 6.88. The minimum Gasteiger partial charge on any atom is -0.384 e. The van der Waals surface area contributed by atoms with Crippen molar-refractivity contribution in [3.8, 4) is 0 Å². The zero-order chi connectivity index (χ0) is 13.5. The van der Waals surface area contributed by atoms with E-state index in [2.05, 4.69) is 0 Å². The second-order valence-electron chi connectivity index (χ2n) is 4.15. The number of aliphatic hydroxyl groups excluding tert-OH is 1. The predicted molar refractivity (Wildman–Crippen MR) is 81.0 cm³/mol. The van der Waals surface area contributed by atoms with Crippen LogP contribution in [-0.4, -0.2) is 5.11 Å². The van der Waals surface area contributed by atoms with E-state index >= 15 is 0 Å². The van der Waals surface area contributed by atoms with Gasteiger partial charge in [-0.3, -0.25) is 0 Å². The maximum Gasteiger partial charge on any atom is 0.0974 e. The van der Waals surface area contributed by atoms with Crippen LogP contribution in [0.15, 0.2) is 72.8 Å². The molecule has 2 heteroatoms. The van der Waals surface area contributed by atoms with E-state index in [1.165, 1.54) is 0 Å².